The summed E-state index contributed by atoms with van der Waals surface area (Å²) >= 11 is 0. The van der Waals surface area contributed by atoms with E-state index in [0.717, 1.165) is 5.56 Å². The number of hydrogen-bond donors (Lipinski definition) is 0. The minimum atomic E-state index is -0.297. The van der Waals surface area contributed by atoms with Crippen molar-refractivity contribution in [3.8, 4) is 0 Å². The van der Waals surface area contributed by atoms with Gasteiger partial charge in [0.2, 0.25) is 0 Å². The standard InChI is InChI=1S/C11H12O2/c1-3-10(11(12)13-2)9-7-5-4-6-8-9/h3-8H,1-2H3/b10-3+. The quantitative estimate of drug-likeness (QED) is 0.510. The van der Waals surface area contributed by atoms with E-state index in [4.69, 9.17) is 0 Å². The van der Waals surface area contributed by atoms with Crippen molar-refractivity contribution in [2.45, 2.75) is 6.92 Å². The summed E-state index contributed by atoms with van der Waals surface area (Å²) in [6, 6.07) is 9.45. The molecule has 0 aliphatic rings. The third-order valence-corrected chi connectivity index (χ3v) is 1.78. The summed E-state index contributed by atoms with van der Waals surface area (Å²) in [5, 5.41) is 0. The fourth-order valence-corrected chi connectivity index (χ4v) is 1.13. The smallest absolute Gasteiger partial charge is 0.338 e. The molecule has 0 aromatic heterocycles. The molecule has 68 valence electrons. The summed E-state index contributed by atoms with van der Waals surface area (Å²) in [6.45, 7) is 1.82. The summed E-state index contributed by atoms with van der Waals surface area (Å²) < 4.78 is 4.65. The second kappa shape index (κ2) is 4.45. The summed E-state index contributed by atoms with van der Waals surface area (Å²) in [4.78, 5) is 11.3. The van der Waals surface area contributed by atoms with Gasteiger partial charge in [-0.25, -0.2) is 4.79 Å². The topological polar surface area (TPSA) is 26.3 Å². The van der Waals surface area contributed by atoms with Crippen LogP contribution >= 0.6 is 0 Å². The number of allylic oxidation sites excluding steroid dienone is 1. The van der Waals surface area contributed by atoms with E-state index in [9.17, 15) is 4.79 Å². The van der Waals surface area contributed by atoms with Crippen LogP contribution in [0.2, 0.25) is 0 Å². The Morgan fingerprint density at radius 1 is 1.31 bits per heavy atom. The van der Waals surface area contributed by atoms with E-state index in [1.807, 2.05) is 37.3 Å². The lowest BCUT2D eigenvalue weighted by Gasteiger charge is -2.03. The largest absolute Gasteiger partial charge is 0.465 e. The molecule has 0 spiro atoms. The van der Waals surface area contributed by atoms with Gasteiger partial charge in [-0.05, 0) is 12.5 Å². The molecular formula is C11H12O2. The Morgan fingerprint density at radius 3 is 2.38 bits per heavy atom. The lowest BCUT2D eigenvalue weighted by molar-refractivity contribution is -0.133. The molecule has 0 aliphatic heterocycles. The molecule has 0 amide bonds. The van der Waals surface area contributed by atoms with E-state index in [-0.39, 0.29) is 5.97 Å². The summed E-state index contributed by atoms with van der Waals surface area (Å²) in [5.41, 5.74) is 1.49. The Bertz CT molecular complexity index is 312. The maximum Gasteiger partial charge on any atom is 0.338 e. The van der Waals surface area contributed by atoms with Gasteiger partial charge in [0.05, 0.1) is 12.7 Å². The van der Waals surface area contributed by atoms with Gasteiger partial charge in [0.1, 0.15) is 0 Å². The van der Waals surface area contributed by atoms with Crippen LogP contribution in [0.5, 0.6) is 0 Å². The Hall–Kier alpha value is -1.57. The van der Waals surface area contributed by atoms with Gasteiger partial charge in [0.15, 0.2) is 0 Å². The molecule has 1 aromatic carbocycles. The van der Waals surface area contributed by atoms with Gasteiger partial charge >= 0.3 is 5.97 Å². The minimum absolute atomic E-state index is 0.297. The van der Waals surface area contributed by atoms with Gasteiger partial charge in [-0.2, -0.15) is 0 Å². The highest BCUT2D eigenvalue weighted by Crippen LogP contribution is 2.14. The number of ether oxygens (including phenoxy) is 1. The van der Waals surface area contributed by atoms with Crippen molar-refractivity contribution < 1.29 is 9.53 Å². The Balaban J connectivity index is 3.00. The van der Waals surface area contributed by atoms with E-state index in [0.29, 0.717) is 5.57 Å². The first-order valence-corrected chi connectivity index (χ1v) is 4.09. The fourth-order valence-electron chi connectivity index (χ4n) is 1.13. The van der Waals surface area contributed by atoms with Crippen molar-refractivity contribution in [2.24, 2.45) is 0 Å². The maximum atomic E-state index is 11.3. The van der Waals surface area contributed by atoms with E-state index < -0.39 is 0 Å². The molecule has 13 heavy (non-hydrogen) atoms. The van der Waals surface area contributed by atoms with E-state index in [2.05, 4.69) is 4.74 Å². The number of rotatable bonds is 2. The van der Waals surface area contributed by atoms with Crippen LogP contribution in [0.3, 0.4) is 0 Å². The first-order valence-electron chi connectivity index (χ1n) is 4.09. The number of hydrogen-bond acceptors (Lipinski definition) is 2. The lowest BCUT2D eigenvalue weighted by Crippen LogP contribution is -2.03. The van der Waals surface area contributed by atoms with Crippen LogP contribution in [-0.2, 0) is 9.53 Å². The number of methoxy groups -OCH3 is 1. The minimum Gasteiger partial charge on any atom is -0.465 e. The molecule has 0 bridgehead atoms. The monoisotopic (exact) mass is 176 g/mol. The zero-order valence-corrected chi connectivity index (χ0v) is 7.78. The highest BCUT2D eigenvalue weighted by atomic mass is 16.5. The second-order valence-electron chi connectivity index (χ2n) is 2.56. The van der Waals surface area contributed by atoms with E-state index in [1.54, 1.807) is 6.08 Å². The normalized spacial score (nSPS) is 11.1. The molecule has 1 aromatic rings. The van der Waals surface area contributed by atoms with E-state index in [1.165, 1.54) is 7.11 Å². The molecule has 0 radical (unpaired) electrons. The highest BCUT2D eigenvalue weighted by Gasteiger charge is 2.09. The molecule has 2 heteroatoms. The summed E-state index contributed by atoms with van der Waals surface area (Å²) in [5.74, 6) is -0.297. The van der Waals surface area contributed by atoms with Crippen LogP contribution in [0.4, 0.5) is 0 Å². The zero-order valence-electron chi connectivity index (χ0n) is 7.78. The first-order chi connectivity index (χ1) is 6.29. The van der Waals surface area contributed by atoms with Crippen molar-refractivity contribution in [3.05, 3.63) is 42.0 Å². The molecule has 1 rings (SSSR count). The van der Waals surface area contributed by atoms with Crippen LogP contribution in [0.15, 0.2) is 36.4 Å². The van der Waals surface area contributed by atoms with Crippen LogP contribution in [-0.4, -0.2) is 13.1 Å². The third-order valence-electron chi connectivity index (χ3n) is 1.78. The molecule has 0 aliphatic carbocycles. The molecule has 0 unspecified atom stereocenters. The van der Waals surface area contributed by atoms with Crippen LogP contribution in [0, 0.1) is 0 Å². The Labute approximate surface area is 77.8 Å². The molecule has 0 heterocycles. The Kier molecular flexibility index (Phi) is 3.26. The van der Waals surface area contributed by atoms with Crippen molar-refractivity contribution in [2.75, 3.05) is 7.11 Å². The molecule has 0 fully saturated rings. The predicted molar refractivity (Wildman–Crippen MR) is 52.1 cm³/mol. The Morgan fingerprint density at radius 2 is 1.92 bits per heavy atom. The lowest BCUT2D eigenvalue weighted by atomic mass is 10.1. The molecule has 0 atom stereocenters. The molecule has 0 saturated heterocycles. The number of benzene rings is 1. The fraction of sp³-hybridized carbons (Fsp3) is 0.182. The number of carbonyl (C=O) groups is 1. The van der Waals surface area contributed by atoms with Crippen LogP contribution in [0.1, 0.15) is 12.5 Å². The number of carbonyl (C=O) groups excluding carboxylic acids is 1. The first kappa shape index (κ1) is 9.52. The van der Waals surface area contributed by atoms with Crippen molar-refractivity contribution in [1.82, 2.24) is 0 Å². The maximum absolute atomic E-state index is 11.3. The van der Waals surface area contributed by atoms with Crippen LogP contribution in [0.25, 0.3) is 5.57 Å². The van der Waals surface area contributed by atoms with Gasteiger partial charge in [-0.15, -0.1) is 0 Å². The number of esters is 1. The third kappa shape index (κ3) is 2.18. The van der Waals surface area contributed by atoms with Crippen molar-refractivity contribution in [1.29, 1.82) is 0 Å². The summed E-state index contributed by atoms with van der Waals surface area (Å²) in [6.07, 6.45) is 1.75. The van der Waals surface area contributed by atoms with Gasteiger partial charge in [-0.3, -0.25) is 0 Å². The second-order valence-corrected chi connectivity index (χ2v) is 2.56. The van der Waals surface area contributed by atoms with Gasteiger partial charge < -0.3 is 4.74 Å². The highest BCUT2D eigenvalue weighted by molar-refractivity contribution is 6.16. The summed E-state index contributed by atoms with van der Waals surface area (Å²) in [7, 11) is 1.38. The predicted octanol–water partition coefficient (Wildman–Crippen LogP) is 2.26. The average Bonchev–Trinajstić information content (AvgIpc) is 2.20. The van der Waals surface area contributed by atoms with Crippen LogP contribution < -0.4 is 0 Å². The van der Waals surface area contributed by atoms with Crippen molar-refractivity contribution in [3.63, 3.8) is 0 Å². The zero-order chi connectivity index (χ0) is 9.68. The van der Waals surface area contributed by atoms with Gasteiger partial charge in [-0.1, -0.05) is 36.4 Å². The molecule has 2 nitrogen and oxygen atoms in total. The van der Waals surface area contributed by atoms with Gasteiger partial charge in [0.25, 0.3) is 0 Å². The molecular weight excluding hydrogens is 164 g/mol. The molecule has 0 N–H and O–H groups in total. The SMILES string of the molecule is C/C=C(/C(=O)OC)c1ccccc1. The van der Waals surface area contributed by atoms with Crippen molar-refractivity contribution >= 4 is 11.5 Å². The van der Waals surface area contributed by atoms with Gasteiger partial charge in [0, 0.05) is 0 Å². The average molecular weight is 176 g/mol. The van der Waals surface area contributed by atoms with E-state index >= 15 is 0 Å². The molecule has 0 saturated carbocycles.